The fraction of sp³-hybridized carbons (Fsp3) is 0.635. The Morgan fingerprint density at radius 2 is 0.638 bits per heavy atom. The van der Waals surface area contributed by atoms with Crippen LogP contribution in [0.25, 0.3) is 0 Å². The van der Waals surface area contributed by atoms with Crippen LogP contribution < -0.4 is 0 Å². The zero-order valence-corrected chi connectivity index (χ0v) is 44.5. The summed E-state index contributed by atoms with van der Waals surface area (Å²) < 4.78 is 16.8. The van der Waals surface area contributed by atoms with E-state index in [1.807, 2.05) is 60.8 Å². The largest absolute Gasteiger partial charge is 0.462 e. The van der Waals surface area contributed by atoms with Gasteiger partial charge in [-0.2, -0.15) is 0 Å². The maximum atomic E-state index is 12.8. The van der Waals surface area contributed by atoms with Gasteiger partial charge in [-0.25, -0.2) is 0 Å². The first-order chi connectivity index (χ1) is 34.0. The third-order valence-electron chi connectivity index (χ3n) is 11.6. The summed E-state index contributed by atoms with van der Waals surface area (Å²) in [4.78, 5) is 38.1. The van der Waals surface area contributed by atoms with E-state index < -0.39 is 6.10 Å². The van der Waals surface area contributed by atoms with Gasteiger partial charge < -0.3 is 14.2 Å². The molecule has 1 unspecified atom stereocenters. The van der Waals surface area contributed by atoms with Crippen LogP contribution in [0.5, 0.6) is 0 Å². The van der Waals surface area contributed by atoms with Crippen molar-refractivity contribution in [3.63, 3.8) is 0 Å². The quantitative estimate of drug-likeness (QED) is 0.0199. The van der Waals surface area contributed by atoms with Gasteiger partial charge in [0.2, 0.25) is 0 Å². The van der Waals surface area contributed by atoms with Crippen molar-refractivity contribution < 1.29 is 28.6 Å². The number of esters is 3. The second-order valence-electron chi connectivity index (χ2n) is 18.2. The lowest BCUT2D eigenvalue weighted by Gasteiger charge is -2.18. The summed E-state index contributed by atoms with van der Waals surface area (Å²) in [5, 5.41) is 0. The Morgan fingerprint density at radius 1 is 0.319 bits per heavy atom. The smallest absolute Gasteiger partial charge is 0.306 e. The molecule has 390 valence electrons. The molecule has 0 aliphatic heterocycles. The lowest BCUT2D eigenvalue weighted by Crippen LogP contribution is -2.30. The van der Waals surface area contributed by atoms with Crippen LogP contribution >= 0.6 is 0 Å². The molecule has 1 atom stereocenters. The zero-order chi connectivity index (χ0) is 50.0. The van der Waals surface area contributed by atoms with Crippen LogP contribution in [-0.2, 0) is 28.6 Å². The van der Waals surface area contributed by atoms with Crippen molar-refractivity contribution >= 4 is 17.9 Å². The maximum Gasteiger partial charge on any atom is 0.306 e. The molecule has 0 aromatic carbocycles. The van der Waals surface area contributed by atoms with E-state index >= 15 is 0 Å². The highest BCUT2D eigenvalue weighted by Crippen LogP contribution is 2.14. The maximum absolute atomic E-state index is 12.8. The Labute approximate surface area is 424 Å². The monoisotopic (exact) mass is 955 g/mol. The Kier molecular flexibility index (Phi) is 53.0. The molecule has 0 saturated carbocycles. The molecule has 0 spiro atoms. The van der Waals surface area contributed by atoms with E-state index in [0.717, 1.165) is 109 Å². The topological polar surface area (TPSA) is 78.9 Å². The Hall–Kier alpha value is -4.19. The predicted octanol–water partition coefficient (Wildman–Crippen LogP) is 18.9. The molecule has 0 rings (SSSR count). The number of ether oxygens (including phenoxy) is 3. The third-order valence-corrected chi connectivity index (χ3v) is 11.6. The highest BCUT2D eigenvalue weighted by molar-refractivity contribution is 5.71. The molecule has 0 bridgehead atoms. The number of carbonyl (C=O) groups excluding carboxylic acids is 3. The number of hydrogen-bond acceptors (Lipinski definition) is 6. The number of hydrogen-bond donors (Lipinski definition) is 0. The second-order valence-corrected chi connectivity index (χ2v) is 18.2. The molecule has 6 heteroatoms. The second kappa shape index (κ2) is 56.4. The van der Waals surface area contributed by atoms with Crippen molar-refractivity contribution in [2.45, 2.75) is 245 Å². The summed E-state index contributed by atoms with van der Waals surface area (Å²) in [5.41, 5.74) is 0. The van der Waals surface area contributed by atoms with Gasteiger partial charge in [-0.3, -0.25) is 14.4 Å². The number of rotatable bonds is 49. The number of carbonyl (C=O) groups is 3. The van der Waals surface area contributed by atoms with Crippen LogP contribution in [-0.4, -0.2) is 37.2 Å². The molecular weight excluding hydrogens is 853 g/mol. The number of unbranched alkanes of at least 4 members (excludes halogenated alkanes) is 23. The summed E-state index contributed by atoms with van der Waals surface area (Å²) in [6, 6.07) is 0. The van der Waals surface area contributed by atoms with Crippen molar-refractivity contribution in [1.82, 2.24) is 0 Å². The summed E-state index contributed by atoms with van der Waals surface area (Å²) in [6.45, 7) is 6.33. The van der Waals surface area contributed by atoms with Gasteiger partial charge in [0.1, 0.15) is 13.2 Å². The van der Waals surface area contributed by atoms with Crippen LogP contribution in [0, 0.1) is 0 Å². The molecule has 0 saturated heterocycles. The highest BCUT2D eigenvalue weighted by atomic mass is 16.6. The van der Waals surface area contributed by atoms with E-state index in [2.05, 4.69) is 81.5 Å². The molecule has 6 nitrogen and oxygen atoms in total. The van der Waals surface area contributed by atoms with Gasteiger partial charge in [0.15, 0.2) is 6.10 Å². The van der Waals surface area contributed by atoms with Gasteiger partial charge in [-0.05, 0) is 96.3 Å². The van der Waals surface area contributed by atoms with Crippen LogP contribution in [0.15, 0.2) is 122 Å². The van der Waals surface area contributed by atoms with Crippen LogP contribution in [0.3, 0.4) is 0 Å². The van der Waals surface area contributed by atoms with E-state index in [9.17, 15) is 14.4 Å². The Balaban J connectivity index is 4.52. The van der Waals surface area contributed by atoms with Gasteiger partial charge >= 0.3 is 17.9 Å². The van der Waals surface area contributed by atoms with Gasteiger partial charge in [-0.1, -0.05) is 245 Å². The summed E-state index contributed by atoms with van der Waals surface area (Å²) in [7, 11) is 0. The number of allylic oxidation sites excluding steroid dienone is 20. The van der Waals surface area contributed by atoms with Gasteiger partial charge in [0, 0.05) is 19.3 Å². The molecule has 69 heavy (non-hydrogen) atoms. The van der Waals surface area contributed by atoms with E-state index in [0.29, 0.717) is 19.3 Å². The van der Waals surface area contributed by atoms with Crippen LogP contribution in [0.1, 0.15) is 239 Å². The Bertz CT molecular complexity index is 1470. The van der Waals surface area contributed by atoms with E-state index in [4.69, 9.17) is 14.2 Å². The van der Waals surface area contributed by atoms with Crippen molar-refractivity contribution in [1.29, 1.82) is 0 Å². The minimum absolute atomic E-state index is 0.108. The summed E-state index contributed by atoms with van der Waals surface area (Å²) in [6.07, 6.45) is 77.5. The first-order valence-corrected chi connectivity index (χ1v) is 28.1. The van der Waals surface area contributed by atoms with E-state index in [1.54, 1.807) is 0 Å². The molecule has 0 aliphatic carbocycles. The normalized spacial score (nSPS) is 13.0. The lowest BCUT2D eigenvalue weighted by molar-refractivity contribution is -0.167. The minimum atomic E-state index is -0.814. The molecule has 0 aromatic rings. The van der Waals surface area contributed by atoms with Crippen molar-refractivity contribution in [3.05, 3.63) is 122 Å². The molecule has 0 aliphatic rings. The van der Waals surface area contributed by atoms with Crippen LogP contribution in [0.4, 0.5) is 0 Å². The fourth-order valence-corrected chi connectivity index (χ4v) is 7.42. The standard InChI is InChI=1S/C63H102O6/c1-4-7-10-13-16-19-22-25-28-31-33-35-38-41-44-47-50-53-56-62(65)68-59-60(58-67-61(64)55-52-49-46-43-40-37-34-30-27-24-21-18-15-12-9-6-3)69-63(66)57-54-51-48-45-42-39-36-32-29-26-23-20-17-14-11-8-5-2/h8-9,11-12,14,17-18,20-21,23,26-27,29-30,32-33,35-36,39,42,60H,4-7,10,13,15-16,19,22,24-25,28,31,34,37-38,40-41,43-59H2,1-3H3/b11-8-,12-9-,17-14-,21-18-,23-20-,29-26-,30-27-,35-33-,36-32+,42-39-. The van der Waals surface area contributed by atoms with E-state index in [1.165, 1.54) is 83.5 Å². The average Bonchev–Trinajstić information content (AvgIpc) is 3.35. The molecular formula is C63H102O6. The summed E-state index contributed by atoms with van der Waals surface area (Å²) >= 11 is 0. The Morgan fingerprint density at radius 3 is 1.09 bits per heavy atom. The first-order valence-electron chi connectivity index (χ1n) is 28.1. The van der Waals surface area contributed by atoms with Crippen molar-refractivity contribution in [3.8, 4) is 0 Å². The molecule has 0 amide bonds. The van der Waals surface area contributed by atoms with Crippen molar-refractivity contribution in [2.24, 2.45) is 0 Å². The van der Waals surface area contributed by atoms with Crippen molar-refractivity contribution in [2.75, 3.05) is 13.2 Å². The van der Waals surface area contributed by atoms with Gasteiger partial charge in [0.05, 0.1) is 0 Å². The molecule has 0 aromatic heterocycles. The third kappa shape index (κ3) is 54.6. The average molecular weight is 956 g/mol. The predicted molar refractivity (Wildman–Crippen MR) is 297 cm³/mol. The first kappa shape index (κ1) is 64.8. The minimum Gasteiger partial charge on any atom is -0.462 e. The SMILES string of the molecule is CC\C=C/C=C\C=C/C=C\C=C\C=C/CCCCCC(=O)OC(COC(=O)CCCCCCC/C=C\CCCCCCCCCCC)COC(=O)CCCCCCCC/C=C\C/C=C\C/C=C\CC. The zero-order valence-electron chi connectivity index (χ0n) is 44.5. The van der Waals surface area contributed by atoms with Crippen LogP contribution in [0.2, 0.25) is 0 Å². The molecule has 0 heterocycles. The van der Waals surface area contributed by atoms with E-state index in [-0.39, 0.29) is 37.5 Å². The highest BCUT2D eigenvalue weighted by Gasteiger charge is 2.19. The van der Waals surface area contributed by atoms with Gasteiger partial charge in [0.25, 0.3) is 0 Å². The molecule has 0 N–H and O–H groups in total. The fourth-order valence-electron chi connectivity index (χ4n) is 7.42. The van der Waals surface area contributed by atoms with Gasteiger partial charge in [-0.15, -0.1) is 0 Å². The molecule has 0 radical (unpaired) electrons. The lowest BCUT2D eigenvalue weighted by atomic mass is 10.1. The molecule has 0 fully saturated rings. The summed E-state index contributed by atoms with van der Waals surface area (Å²) in [5.74, 6) is -0.975.